The molecule has 20 heavy (non-hydrogen) atoms. The van der Waals surface area contributed by atoms with Crippen LogP contribution < -0.4 is 10.6 Å². The molecule has 0 radical (unpaired) electrons. The lowest BCUT2D eigenvalue weighted by molar-refractivity contribution is -0.115. The Bertz CT molecular complexity index is 585. The van der Waals surface area contributed by atoms with Gasteiger partial charge in [0.2, 0.25) is 5.91 Å². The summed E-state index contributed by atoms with van der Waals surface area (Å²) in [6.45, 7) is 2.27. The molecule has 2 rings (SSSR count). The molecule has 0 saturated carbocycles. The molecule has 0 saturated heterocycles. The predicted octanol–water partition coefficient (Wildman–Crippen LogP) is 4.45. The number of carbonyl (C=O) groups excluding carboxylic acids is 1. The van der Waals surface area contributed by atoms with E-state index in [9.17, 15) is 4.79 Å². The van der Waals surface area contributed by atoms with Crippen LogP contribution in [0.1, 0.15) is 17.8 Å². The van der Waals surface area contributed by atoms with Crippen LogP contribution in [0.2, 0.25) is 4.34 Å². The fourth-order valence-electron chi connectivity index (χ4n) is 1.65. The van der Waals surface area contributed by atoms with Gasteiger partial charge in [-0.3, -0.25) is 4.79 Å². The molecule has 1 aromatic carbocycles. The van der Waals surface area contributed by atoms with Gasteiger partial charge in [0, 0.05) is 21.1 Å². The molecule has 1 heterocycles. The maximum Gasteiger partial charge on any atom is 0.238 e. The van der Waals surface area contributed by atoms with Crippen molar-refractivity contribution in [2.45, 2.75) is 13.0 Å². The van der Waals surface area contributed by atoms with Gasteiger partial charge in [0.15, 0.2) is 0 Å². The molecule has 106 valence electrons. The highest BCUT2D eigenvalue weighted by Gasteiger charge is 2.10. The van der Waals surface area contributed by atoms with Crippen molar-refractivity contribution in [3.8, 4) is 0 Å². The number of anilines is 1. The summed E-state index contributed by atoms with van der Waals surface area (Å²) in [4.78, 5) is 12.9. The Morgan fingerprint density at radius 1 is 1.30 bits per heavy atom. The van der Waals surface area contributed by atoms with E-state index in [0.717, 1.165) is 19.4 Å². The lowest BCUT2D eigenvalue weighted by Crippen LogP contribution is -2.29. The first-order chi connectivity index (χ1) is 9.54. The predicted molar refractivity (Wildman–Crippen MR) is 88.5 cm³/mol. The molecule has 1 atom stereocenters. The fraction of sp³-hybridized carbons (Fsp3) is 0.214. The number of hydrogen-bond donors (Lipinski definition) is 2. The van der Waals surface area contributed by atoms with Crippen molar-refractivity contribution < 1.29 is 4.79 Å². The molecule has 2 aromatic rings. The smallest absolute Gasteiger partial charge is 0.238 e. The third-order valence-electron chi connectivity index (χ3n) is 2.72. The summed E-state index contributed by atoms with van der Waals surface area (Å²) in [6.07, 6.45) is 0. The molecule has 0 spiro atoms. The number of rotatable bonds is 5. The van der Waals surface area contributed by atoms with Gasteiger partial charge in [0.1, 0.15) is 0 Å². The van der Waals surface area contributed by atoms with E-state index in [2.05, 4.69) is 26.6 Å². The van der Waals surface area contributed by atoms with E-state index in [-0.39, 0.29) is 18.5 Å². The zero-order valence-electron chi connectivity index (χ0n) is 10.8. The summed E-state index contributed by atoms with van der Waals surface area (Å²) >= 11 is 10.8. The van der Waals surface area contributed by atoms with Crippen molar-refractivity contribution in [1.82, 2.24) is 5.32 Å². The quantitative estimate of drug-likeness (QED) is 0.813. The van der Waals surface area contributed by atoms with Crippen LogP contribution in [-0.4, -0.2) is 12.5 Å². The minimum atomic E-state index is -0.0678. The van der Waals surface area contributed by atoms with E-state index in [0.29, 0.717) is 0 Å². The number of hydrogen-bond acceptors (Lipinski definition) is 3. The largest absolute Gasteiger partial charge is 0.325 e. The van der Waals surface area contributed by atoms with Gasteiger partial charge in [-0.1, -0.05) is 27.5 Å². The van der Waals surface area contributed by atoms with Crippen LogP contribution in [0.5, 0.6) is 0 Å². The van der Waals surface area contributed by atoms with Gasteiger partial charge in [-0.25, -0.2) is 0 Å². The molecule has 0 bridgehead atoms. The molecule has 1 aromatic heterocycles. The van der Waals surface area contributed by atoms with Crippen molar-refractivity contribution >= 4 is 50.5 Å². The SMILES string of the molecule is CC(NCC(=O)Nc1ccc(Br)cc1)c1ccc(Cl)s1. The zero-order chi connectivity index (χ0) is 14.5. The highest BCUT2D eigenvalue weighted by molar-refractivity contribution is 9.10. The third kappa shape index (κ3) is 4.59. The Morgan fingerprint density at radius 3 is 2.60 bits per heavy atom. The molecule has 0 aliphatic rings. The Hall–Kier alpha value is -0.880. The van der Waals surface area contributed by atoms with Gasteiger partial charge >= 0.3 is 0 Å². The lowest BCUT2D eigenvalue weighted by Gasteiger charge is -2.12. The number of carbonyl (C=O) groups is 1. The summed E-state index contributed by atoms with van der Waals surface area (Å²) in [5.41, 5.74) is 0.784. The van der Waals surface area contributed by atoms with Gasteiger partial charge in [-0.05, 0) is 43.3 Å². The average Bonchev–Trinajstić information content (AvgIpc) is 2.85. The number of benzene rings is 1. The number of amides is 1. The third-order valence-corrected chi connectivity index (χ3v) is 4.66. The topological polar surface area (TPSA) is 41.1 Å². The minimum absolute atomic E-state index is 0.0678. The van der Waals surface area contributed by atoms with Crippen LogP contribution in [0.3, 0.4) is 0 Å². The summed E-state index contributed by atoms with van der Waals surface area (Å²) in [5.74, 6) is -0.0678. The average molecular weight is 374 g/mol. The summed E-state index contributed by atoms with van der Waals surface area (Å²) in [6, 6.07) is 11.4. The number of thiophene rings is 1. The zero-order valence-corrected chi connectivity index (χ0v) is 14.0. The molecule has 1 unspecified atom stereocenters. The van der Waals surface area contributed by atoms with E-state index in [1.54, 1.807) is 0 Å². The van der Waals surface area contributed by atoms with Gasteiger partial charge in [-0.15, -0.1) is 11.3 Å². The first kappa shape index (κ1) is 15.5. The minimum Gasteiger partial charge on any atom is -0.325 e. The maximum absolute atomic E-state index is 11.8. The molecule has 3 nitrogen and oxygen atoms in total. The first-order valence-electron chi connectivity index (χ1n) is 6.08. The highest BCUT2D eigenvalue weighted by atomic mass is 79.9. The van der Waals surface area contributed by atoms with E-state index < -0.39 is 0 Å². The maximum atomic E-state index is 11.8. The van der Waals surface area contributed by atoms with Crippen molar-refractivity contribution in [1.29, 1.82) is 0 Å². The monoisotopic (exact) mass is 372 g/mol. The molecular weight excluding hydrogens is 360 g/mol. The van der Waals surface area contributed by atoms with Crippen LogP contribution in [0.25, 0.3) is 0 Å². The van der Waals surface area contributed by atoms with Crippen LogP contribution in [-0.2, 0) is 4.79 Å². The molecule has 0 aliphatic carbocycles. The Kier molecular flexibility index (Phi) is 5.60. The highest BCUT2D eigenvalue weighted by Crippen LogP contribution is 2.26. The summed E-state index contributed by atoms with van der Waals surface area (Å²) in [5, 5.41) is 6.01. The molecule has 1 amide bonds. The van der Waals surface area contributed by atoms with Gasteiger partial charge in [0.25, 0.3) is 0 Å². The van der Waals surface area contributed by atoms with Crippen LogP contribution >= 0.6 is 38.9 Å². The van der Waals surface area contributed by atoms with Gasteiger partial charge < -0.3 is 10.6 Å². The summed E-state index contributed by atoms with van der Waals surface area (Å²) < 4.78 is 1.74. The van der Waals surface area contributed by atoms with Crippen molar-refractivity contribution in [2.75, 3.05) is 11.9 Å². The Morgan fingerprint density at radius 2 is 2.00 bits per heavy atom. The van der Waals surface area contributed by atoms with Crippen LogP contribution in [0.4, 0.5) is 5.69 Å². The van der Waals surface area contributed by atoms with Crippen molar-refractivity contribution in [3.05, 3.63) is 50.1 Å². The van der Waals surface area contributed by atoms with E-state index >= 15 is 0 Å². The van der Waals surface area contributed by atoms with Crippen molar-refractivity contribution in [2.24, 2.45) is 0 Å². The standard InChI is InChI=1S/C14H14BrClN2OS/c1-9(12-6-7-13(16)20-12)17-8-14(19)18-11-4-2-10(15)3-5-11/h2-7,9,17H,8H2,1H3,(H,18,19). The fourth-order valence-corrected chi connectivity index (χ4v) is 3.00. The molecule has 6 heteroatoms. The number of halogens is 2. The van der Waals surface area contributed by atoms with Crippen LogP contribution in [0.15, 0.2) is 40.9 Å². The Balaban J connectivity index is 1.81. The van der Waals surface area contributed by atoms with E-state index in [4.69, 9.17) is 11.6 Å². The molecule has 2 N–H and O–H groups in total. The summed E-state index contributed by atoms with van der Waals surface area (Å²) in [7, 11) is 0. The van der Waals surface area contributed by atoms with Crippen LogP contribution in [0, 0.1) is 0 Å². The second kappa shape index (κ2) is 7.22. The van der Waals surface area contributed by atoms with E-state index in [1.807, 2.05) is 43.3 Å². The van der Waals surface area contributed by atoms with E-state index in [1.165, 1.54) is 11.3 Å². The van der Waals surface area contributed by atoms with Gasteiger partial charge in [0.05, 0.1) is 10.9 Å². The van der Waals surface area contributed by atoms with Gasteiger partial charge in [-0.2, -0.15) is 0 Å². The first-order valence-corrected chi connectivity index (χ1v) is 8.07. The normalized spacial score (nSPS) is 12.2. The molecule has 0 aliphatic heterocycles. The number of nitrogens with one attached hydrogen (secondary N) is 2. The van der Waals surface area contributed by atoms with Crippen molar-refractivity contribution in [3.63, 3.8) is 0 Å². The lowest BCUT2D eigenvalue weighted by atomic mass is 10.2. The second-order valence-electron chi connectivity index (χ2n) is 4.30. The Labute approximate surface area is 135 Å². The molecule has 0 fully saturated rings. The molecular formula is C14H14BrClN2OS. The second-order valence-corrected chi connectivity index (χ2v) is 6.96.